The summed E-state index contributed by atoms with van der Waals surface area (Å²) in [6, 6.07) is 9.92. The van der Waals surface area contributed by atoms with Crippen molar-refractivity contribution >= 4 is 33.2 Å². The molecule has 1 aromatic carbocycles. The van der Waals surface area contributed by atoms with Crippen LogP contribution in [0.1, 0.15) is 16.9 Å². The van der Waals surface area contributed by atoms with E-state index in [2.05, 4.69) is 27.3 Å². The van der Waals surface area contributed by atoms with Gasteiger partial charge >= 0.3 is 0 Å². The topological polar surface area (TPSA) is 47.6 Å². The molecule has 0 saturated heterocycles. The molecule has 2 heterocycles. The molecule has 4 nitrogen and oxygen atoms in total. The van der Waals surface area contributed by atoms with Gasteiger partial charge in [0, 0.05) is 17.8 Å². The summed E-state index contributed by atoms with van der Waals surface area (Å²) in [5, 5.41) is 2.96. The van der Waals surface area contributed by atoms with E-state index in [1.165, 1.54) is 4.88 Å². The number of carbonyl (C=O) groups excluding carboxylic acids is 1. The number of fused-ring (bicyclic) bond motifs is 1. The quantitative estimate of drug-likeness (QED) is 0.832. The van der Waals surface area contributed by atoms with Crippen molar-refractivity contribution in [1.82, 2.24) is 5.32 Å². The van der Waals surface area contributed by atoms with Gasteiger partial charge in [0.1, 0.15) is 0 Å². The number of hydrogen-bond acceptors (Lipinski definition) is 4. The molecule has 22 heavy (non-hydrogen) atoms. The highest BCUT2D eigenvalue weighted by Crippen LogP contribution is 2.32. The Balaban J connectivity index is 1.40. The number of nitrogens with one attached hydrogen (secondary N) is 1. The zero-order valence-electron chi connectivity index (χ0n) is 11.9. The third kappa shape index (κ3) is 4.01. The van der Waals surface area contributed by atoms with Gasteiger partial charge in [-0.15, -0.1) is 11.3 Å². The second-order valence-electron chi connectivity index (χ2n) is 4.99. The average molecular weight is 382 g/mol. The molecular formula is C16H16BrNO3S. The summed E-state index contributed by atoms with van der Waals surface area (Å²) < 4.78 is 11.7. The van der Waals surface area contributed by atoms with E-state index in [9.17, 15) is 4.79 Å². The molecule has 1 N–H and O–H groups in total. The molecule has 1 aromatic heterocycles. The third-order valence-corrected chi connectivity index (χ3v) is 5.08. The van der Waals surface area contributed by atoms with Crippen LogP contribution in [0.5, 0.6) is 11.5 Å². The molecule has 0 unspecified atom stereocenters. The maximum absolute atomic E-state index is 11.9. The first-order valence-corrected chi connectivity index (χ1v) is 8.71. The van der Waals surface area contributed by atoms with Crippen molar-refractivity contribution in [2.45, 2.75) is 19.3 Å². The zero-order chi connectivity index (χ0) is 15.4. The first-order valence-electron chi connectivity index (χ1n) is 7.10. The Morgan fingerprint density at radius 1 is 1.18 bits per heavy atom. The SMILES string of the molecule is O=C(CCc1ccc2c(c1)OCO2)NCCc1ccc(Br)s1. The van der Waals surface area contributed by atoms with Crippen LogP contribution in [0.25, 0.3) is 0 Å². The highest BCUT2D eigenvalue weighted by molar-refractivity contribution is 9.11. The van der Waals surface area contributed by atoms with Gasteiger partial charge < -0.3 is 14.8 Å². The Labute approximate surface area is 141 Å². The summed E-state index contributed by atoms with van der Waals surface area (Å²) in [4.78, 5) is 13.1. The fourth-order valence-corrected chi connectivity index (χ4v) is 3.74. The molecule has 0 atom stereocenters. The lowest BCUT2D eigenvalue weighted by atomic mass is 10.1. The van der Waals surface area contributed by atoms with Crippen LogP contribution in [-0.4, -0.2) is 19.2 Å². The van der Waals surface area contributed by atoms with E-state index < -0.39 is 0 Å². The molecule has 3 rings (SSSR count). The van der Waals surface area contributed by atoms with Crippen molar-refractivity contribution in [2.24, 2.45) is 0 Å². The van der Waals surface area contributed by atoms with Gasteiger partial charge in [-0.3, -0.25) is 4.79 Å². The van der Waals surface area contributed by atoms with Crippen molar-refractivity contribution in [3.05, 3.63) is 44.6 Å². The van der Waals surface area contributed by atoms with Gasteiger partial charge in [-0.25, -0.2) is 0 Å². The lowest BCUT2D eigenvalue weighted by Crippen LogP contribution is -2.25. The van der Waals surface area contributed by atoms with Crippen LogP contribution in [0.3, 0.4) is 0 Å². The zero-order valence-corrected chi connectivity index (χ0v) is 14.3. The minimum atomic E-state index is 0.0771. The molecule has 0 fully saturated rings. The second kappa shape index (κ2) is 7.15. The Kier molecular flexibility index (Phi) is 5.00. The van der Waals surface area contributed by atoms with E-state index in [0.29, 0.717) is 19.4 Å². The van der Waals surface area contributed by atoms with Crippen molar-refractivity contribution in [2.75, 3.05) is 13.3 Å². The third-order valence-electron chi connectivity index (χ3n) is 3.40. The molecule has 6 heteroatoms. The van der Waals surface area contributed by atoms with Gasteiger partial charge in [-0.2, -0.15) is 0 Å². The van der Waals surface area contributed by atoms with Crippen LogP contribution in [0.2, 0.25) is 0 Å². The first-order chi connectivity index (χ1) is 10.7. The lowest BCUT2D eigenvalue weighted by molar-refractivity contribution is -0.121. The van der Waals surface area contributed by atoms with Gasteiger partial charge in [-0.05, 0) is 58.6 Å². The normalized spacial score (nSPS) is 12.4. The fourth-order valence-electron chi connectivity index (χ4n) is 2.25. The molecule has 0 spiro atoms. The minimum Gasteiger partial charge on any atom is -0.454 e. The van der Waals surface area contributed by atoms with Crippen LogP contribution in [-0.2, 0) is 17.6 Å². The number of halogens is 1. The number of rotatable bonds is 6. The monoisotopic (exact) mass is 381 g/mol. The molecule has 0 saturated carbocycles. The van der Waals surface area contributed by atoms with Crippen LogP contribution in [0.15, 0.2) is 34.1 Å². The van der Waals surface area contributed by atoms with Crippen molar-refractivity contribution < 1.29 is 14.3 Å². The van der Waals surface area contributed by atoms with Gasteiger partial charge in [-0.1, -0.05) is 6.07 Å². The van der Waals surface area contributed by atoms with E-state index in [-0.39, 0.29) is 12.7 Å². The molecule has 2 aromatic rings. The van der Waals surface area contributed by atoms with E-state index in [1.807, 2.05) is 24.3 Å². The molecule has 1 aliphatic heterocycles. The van der Waals surface area contributed by atoms with Gasteiger partial charge in [0.25, 0.3) is 0 Å². The molecule has 0 aliphatic carbocycles. The molecule has 1 amide bonds. The Hall–Kier alpha value is -1.53. The second-order valence-corrected chi connectivity index (χ2v) is 7.54. The lowest BCUT2D eigenvalue weighted by Gasteiger charge is -2.05. The van der Waals surface area contributed by atoms with E-state index >= 15 is 0 Å². The largest absolute Gasteiger partial charge is 0.454 e. The predicted octanol–water partition coefficient (Wildman–Crippen LogP) is 3.53. The minimum absolute atomic E-state index is 0.0771. The summed E-state index contributed by atoms with van der Waals surface area (Å²) in [6.07, 6.45) is 2.05. The Bertz CT molecular complexity index is 671. The summed E-state index contributed by atoms with van der Waals surface area (Å²) in [6.45, 7) is 0.949. The molecular weight excluding hydrogens is 366 g/mol. The van der Waals surface area contributed by atoms with E-state index in [4.69, 9.17) is 9.47 Å². The smallest absolute Gasteiger partial charge is 0.231 e. The maximum Gasteiger partial charge on any atom is 0.231 e. The molecule has 116 valence electrons. The fraction of sp³-hybridized carbons (Fsp3) is 0.312. The number of amides is 1. The van der Waals surface area contributed by atoms with E-state index in [1.54, 1.807) is 11.3 Å². The van der Waals surface area contributed by atoms with Crippen LogP contribution >= 0.6 is 27.3 Å². The summed E-state index contributed by atoms with van der Waals surface area (Å²) in [5.41, 5.74) is 1.08. The number of thiophene rings is 1. The average Bonchev–Trinajstić information content (AvgIpc) is 3.13. The highest BCUT2D eigenvalue weighted by atomic mass is 79.9. The molecule has 0 radical (unpaired) electrons. The highest BCUT2D eigenvalue weighted by Gasteiger charge is 2.13. The number of benzene rings is 1. The van der Waals surface area contributed by atoms with Crippen LogP contribution < -0.4 is 14.8 Å². The Morgan fingerprint density at radius 3 is 2.86 bits per heavy atom. The van der Waals surface area contributed by atoms with Crippen molar-refractivity contribution in [3.63, 3.8) is 0 Å². The van der Waals surface area contributed by atoms with Crippen molar-refractivity contribution in [1.29, 1.82) is 0 Å². The van der Waals surface area contributed by atoms with Crippen LogP contribution in [0.4, 0.5) is 0 Å². The van der Waals surface area contributed by atoms with Gasteiger partial charge in [0.05, 0.1) is 3.79 Å². The molecule has 0 bridgehead atoms. The summed E-state index contributed by atoms with van der Waals surface area (Å²) in [5.74, 6) is 1.62. The number of carbonyl (C=O) groups is 1. The molecule has 1 aliphatic rings. The number of aryl methyl sites for hydroxylation is 1. The summed E-state index contributed by atoms with van der Waals surface area (Å²) >= 11 is 5.14. The first kappa shape index (κ1) is 15.4. The van der Waals surface area contributed by atoms with Gasteiger partial charge in [0.15, 0.2) is 11.5 Å². The standard InChI is InChI=1S/C16H16BrNO3S/c17-15-5-3-12(22-15)7-8-18-16(19)6-2-11-1-4-13-14(9-11)21-10-20-13/h1,3-5,9H,2,6-8,10H2,(H,18,19). The van der Waals surface area contributed by atoms with Crippen LogP contribution in [0, 0.1) is 0 Å². The number of hydrogen-bond donors (Lipinski definition) is 1. The Morgan fingerprint density at radius 2 is 2.05 bits per heavy atom. The number of ether oxygens (including phenoxy) is 2. The van der Waals surface area contributed by atoms with Crippen molar-refractivity contribution in [3.8, 4) is 11.5 Å². The van der Waals surface area contributed by atoms with Gasteiger partial charge in [0.2, 0.25) is 12.7 Å². The summed E-state index contributed by atoms with van der Waals surface area (Å²) in [7, 11) is 0. The maximum atomic E-state index is 11.9. The van der Waals surface area contributed by atoms with E-state index in [0.717, 1.165) is 27.3 Å². The predicted molar refractivity (Wildman–Crippen MR) is 89.6 cm³/mol.